The van der Waals surface area contributed by atoms with Crippen molar-refractivity contribution < 1.29 is 4.74 Å². The maximum Gasteiger partial charge on any atom is 0.0588 e. The van der Waals surface area contributed by atoms with Gasteiger partial charge in [-0.3, -0.25) is 4.68 Å². The minimum Gasteiger partial charge on any atom is -0.381 e. The van der Waals surface area contributed by atoms with Crippen LogP contribution in [-0.2, 0) is 11.3 Å². The molecule has 1 fully saturated rings. The van der Waals surface area contributed by atoms with E-state index in [0.29, 0.717) is 5.92 Å². The summed E-state index contributed by atoms with van der Waals surface area (Å²) < 4.78 is 7.33. The van der Waals surface area contributed by atoms with Gasteiger partial charge in [-0.15, -0.1) is 11.6 Å². The Kier molecular flexibility index (Phi) is 3.65. The molecule has 2 rings (SSSR count). The number of hydrogen-bond acceptors (Lipinski definition) is 2. The maximum absolute atomic E-state index is 5.99. The van der Waals surface area contributed by atoms with Crippen LogP contribution in [0.3, 0.4) is 0 Å². The van der Waals surface area contributed by atoms with E-state index in [1.165, 1.54) is 0 Å². The van der Waals surface area contributed by atoms with E-state index >= 15 is 0 Å². The Morgan fingerprint density at radius 3 is 2.93 bits per heavy atom. The molecule has 0 radical (unpaired) electrons. The van der Waals surface area contributed by atoms with Crippen molar-refractivity contribution in [3.63, 3.8) is 0 Å². The third-order valence-electron chi connectivity index (χ3n) is 2.90. The first kappa shape index (κ1) is 11.0. The Morgan fingerprint density at radius 1 is 1.60 bits per heavy atom. The monoisotopic (exact) mass is 228 g/mol. The standard InChI is InChI=1S/C11H17ClN2O/c1-9(12)11-6-13-14(8-11)7-10-2-4-15-5-3-10/h6,8-10H,2-5,7H2,1H3. The molecule has 0 spiro atoms. The van der Waals surface area contributed by atoms with Crippen LogP contribution in [0.25, 0.3) is 0 Å². The summed E-state index contributed by atoms with van der Waals surface area (Å²) in [5, 5.41) is 4.37. The summed E-state index contributed by atoms with van der Waals surface area (Å²) in [5.41, 5.74) is 1.10. The van der Waals surface area contributed by atoms with Gasteiger partial charge in [0.05, 0.1) is 11.6 Å². The molecule has 1 aromatic rings. The molecule has 84 valence electrons. The van der Waals surface area contributed by atoms with Gasteiger partial charge in [0.25, 0.3) is 0 Å². The van der Waals surface area contributed by atoms with Gasteiger partial charge in [-0.25, -0.2) is 0 Å². The first-order chi connectivity index (χ1) is 7.25. The number of ether oxygens (including phenoxy) is 1. The van der Waals surface area contributed by atoms with Gasteiger partial charge in [0, 0.05) is 31.5 Å². The van der Waals surface area contributed by atoms with Crippen LogP contribution in [0.5, 0.6) is 0 Å². The second-order valence-electron chi connectivity index (χ2n) is 4.17. The predicted octanol–water partition coefficient (Wildman–Crippen LogP) is 2.61. The van der Waals surface area contributed by atoms with Crippen molar-refractivity contribution in [2.45, 2.75) is 31.7 Å². The SMILES string of the molecule is CC(Cl)c1cnn(CC2CCOCC2)c1. The average molecular weight is 229 g/mol. The van der Waals surface area contributed by atoms with Crippen molar-refractivity contribution in [1.82, 2.24) is 9.78 Å². The van der Waals surface area contributed by atoms with Crippen LogP contribution < -0.4 is 0 Å². The van der Waals surface area contributed by atoms with Crippen LogP contribution in [-0.4, -0.2) is 23.0 Å². The molecule has 1 unspecified atom stereocenters. The van der Waals surface area contributed by atoms with Gasteiger partial charge in [0.15, 0.2) is 0 Å². The van der Waals surface area contributed by atoms with Gasteiger partial charge in [-0.2, -0.15) is 5.10 Å². The van der Waals surface area contributed by atoms with Crippen LogP contribution >= 0.6 is 11.6 Å². The molecule has 15 heavy (non-hydrogen) atoms. The van der Waals surface area contributed by atoms with Crippen molar-refractivity contribution in [3.05, 3.63) is 18.0 Å². The number of aromatic nitrogens is 2. The van der Waals surface area contributed by atoms with Crippen molar-refractivity contribution >= 4 is 11.6 Å². The molecule has 1 aliphatic heterocycles. The quantitative estimate of drug-likeness (QED) is 0.744. The fourth-order valence-corrected chi connectivity index (χ4v) is 1.99. The highest BCUT2D eigenvalue weighted by molar-refractivity contribution is 6.20. The lowest BCUT2D eigenvalue weighted by molar-refractivity contribution is 0.0601. The Balaban J connectivity index is 1.91. The molecule has 0 aromatic carbocycles. The Morgan fingerprint density at radius 2 is 2.33 bits per heavy atom. The largest absolute Gasteiger partial charge is 0.381 e. The van der Waals surface area contributed by atoms with E-state index in [-0.39, 0.29) is 5.38 Å². The summed E-state index contributed by atoms with van der Waals surface area (Å²) in [7, 11) is 0. The summed E-state index contributed by atoms with van der Waals surface area (Å²) in [6.07, 6.45) is 6.20. The minimum absolute atomic E-state index is 0.0495. The number of hydrogen-bond donors (Lipinski definition) is 0. The second-order valence-corrected chi connectivity index (χ2v) is 4.82. The van der Waals surface area contributed by atoms with Crippen LogP contribution in [0.4, 0.5) is 0 Å². The number of rotatable bonds is 3. The van der Waals surface area contributed by atoms with E-state index in [2.05, 4.69) is 5.10 Å². The summed E-state index contributed by atoms with van der Waals surface area (Å²) in [6.45, 7) is 4.75. The lowest BCUT2D eigenvalue weighted by atomic mass is 10.0. The Bertz CT molecular complexity index is 305. The van der Waals surface area contributed by atoms with Crippen molar-refractivity contribution in [3.8, 4) is 0 Å². The lowest BCUT2D eigenvalue weighted by Crippen LogP contribution is -2.20. The minimum atomic E-state index is 0.0495. The molecule has 0 amide bonds. The predicted molar refractivity (Wildman–Crippen MR) is 60.0 cm³/mol. The molecule has 1 atom stereocenters. The zero-order chi connectivity index (χ0) is 10.7. The molecule has 0 aliphatic carbocycles. The van der Waals surface area contributed by atoms with Gasteiger partial charge in [-0.1, -0.05) is 0 Å². The first-order valence-corrected chi connectivity index (χ1v) is 5.93. The number of halogens is 1. The first-order valence-electron chi connectivity index (χ1n) is 5.50. The van der Waals surface area contributed by atoms with Gasteiger partial charge in [0.2, 0.25) is 0 Å². The smallest absolute Gasteiger partial charge is 0.0588 e. The number of nitrogens with zero attached hydrogens (tertiary/aromatic N) is 2. The molecule has 1 saturated heterocycles. The van der Waals surface area contributed by atoms with E-state index in [1.807, 2.05) is 24.0 Å². The molecule has 4 heteroatoms. The number of alkyl halides is 1. The summed E-state index contributed by atoms with van der Waals surface area (Å²) in [5.74, 6) is 0.706. The van der Waals surface area contributed by atoms with Gasteiger partial charge < -0.3 is 4.74 Å². The van der Waals surface area contributed by atoms with Gasteiger partial charge in [-0.05, 0) is 25.7 Å². The van der Waals surface area contributed by atoms with E-state index in [9.17, 15) is 0 Å². The normalized spacial score (nSPS) is 20.4. The molecule has 0 bridgehead atoms. The zero-order valence-electron chi connectivity index (χ0n) is 9.03. The highest BCUT2D eigenvalue weighted by Crippen LogP contribution is 2.20. The fourth-order valence-electron chi connectivity index (χ4n) is 1.88. The Labute approximate surface area is 95.4 Å². The second kappa shape index (κ2) is 4.99. The molecule has 1 aliphatic rings. The van der Waals surface area contributed by atoms with Crippen molar-refractivity contribution in [2.24, 2.45) is 5.92 Å². The maximum atomic E-state index is 5.99. The topological polar surface area (TPSA) is 27.1 Å². The van der Waals surface area contributed by atoms with Gasteiger partial charge in [0.1, 0.15) is 0 Å². The summed E-state index contributed by atoms with van der Waals surface area (Å²) in [6, 6.07) is 0. The molecule has 1 aromatic heterocycles. The molecule has 0 saturated carbocycles. The van der Waals surface area contributed by atoms with E-state index in [1.54, 1.807) is 0 Å². The van der Waals surface area contributed by atoms with E-state index in [0.717, 1.165) is 38.2 Å². The van der Waals surface area contributed by atoms with E-state index < -0.39 is 0 Å². The van der Waals surface area contributed by atoms with Crippen LogP contribution in [0.2, 0.25) is 0 Å². The van der Waals surface area contributed by atoms with Crippen LogP contribution in [0, 0.1) is 5.92 Å². The molecular weight excluding hydrogens is 212 g/mol. The highest BCUT2D eigenvalue weighted by atomic mass is 35.5. The molecular formula is C11H17ClN2O. The van der Waals surface area contributed by atoms with Crippen molar-refractivity contribution in [1.29, 1.82) is 0 Å². The molecule has 3 nitrogen and oxygen atoms in total. The van der Waals surface area contributed by atoms with Crippen LogP contribution in [0.1, 0.15) is 30.7 Å². The summed E-state index contributed by atoms with van der Waals surface area (Å²) >= 11 is 5.99. The summed E-state index contributed by atoms with van der Waals surface area (Å²) in [4.78, 5) is 0. The molecule has 0 N–H and O–H groups in total. The van der Waals surface area contributed by atoms with Crippen molar-refractivity contribution in [2.75, 3.05) is 13.2 Å². The third kappa shape index (κ3) is 2.95. The fraction of sp³-hybridized carbons (Fsp3) is 0.727. The lowest BCUT2D eigenvalue weighted by Gasteiger charge is -2.21. The van der Waals surface area contributed by atoms with Gasteiger partial charge >= 0.3 is 0 Å². The highest BCUT2D eigenvalue weighted by Gasteiger charge is 2.15. The zero-order valence-corrected chi connectivity index (χ0v) is 9.78. The third-order valence-corrected chi connectivity index (χ3v) is 3.15. The van der Waals surface area contributed by atoms with E-state index in [4.69, 9.17) is 16.3 Å². The molecule has 2 heterocycles. The van der Waals surface area contributed by atoms with Crippen LogP contribution in [0.15, 0.2) is 12.4 Å². The Hall–Kier alpha value is -0.540. The average Bonchev–Trinajstić information content (AvgIpc) is 2.68.